The SMILES string of the molecule is CCCCCCCC/C=C\CCCCCCC(CCCCCC)C(=O)OCC. The summed E-state index contributed by atoms with van der Waals surface area (Å²) in [7, 11) is 0. The minimum Gasteiger partial charge on any atom is -0.466 e. The molecule has 1 atom stereocenters. The molecule has 28 heavy (non-hydrogen) atoms. The van der Waals surface area contributed by atoms with Crippen molar-refractivity contribution in [3.8, 4) is 0 Å². The van der Waals surface area contributed by atoms with E-state index in [9.17, 15) is 4.79 Å². The van der Waals surface area contributed by atoms with Crippen molar-refractivity contribution in [1.82, 2.24) is 0 Å². The molecule has 0 N–H and O–H groups in total. The van der Waals surface area contributed by atoms with Gasteiger partial charge in [0, 0.05) is 0 Å². The highest BCUT2D eigenvalue weighted by atomic mass is 16.5. The maximum Gasteiger partial charge on any atom is 0.308 e. The van der Waals surface area contributed by atoms with E-state index in [4.69, 9.17) is 4.74 Å². The van der Waals surface area contributed by atoms with Crippen LogP contribution in [0.15, 0.2) is 12.2 Å². The van der Waals surface area contributed by atoms with Crippen molar-refractivity contribution in [3.05, 3.63) is 12.2 Å². The van der Waals surface area contributed by atoms with Crippen molar-refractivity contribution in [3.63, 3.8) is 0 Å². The zero-order valence-corrected chi connectivity index (χ0v) is 19.5. The second-order valence-corrected chi connectivity index (χ2v) is 8.32. The van der Waals surface area contributed by atoms with Gasteiger partial charge in [-0.15, -0.1) is 0 Å². The average Bonchev–Trinajstić information content (AvgIpc) is 2.70. The molecule has 166 valence electrons. The zero-order chi connectivity index (χ0) is 20.7. The molecule has 0 saturated carbocycles. The van der Waals surface area contributed by atoms with E-state index in [1.165, 1.54) is 103 Å². The van der Waals surface area contributed by atoms with Gasteiger partial charge in [-0.3, -0.25) is 4.79 Å². The largest absolute Gasteiger partial charge is 0.466 e. The lowest BCUT2D eigenvalue weighted by Gasteiger charge is -2.15. The molecular weight excluding hydrogens is 344 g/mol. The summed E-state index contributed by atoms with van der Waals surface area (Å²) >= 11 is 0. The molecule has 2 nitrogen and oxygen atoms in total. The van der Waals surface area contributed by atoms with Crippen LogP contribution >= 0.6 is 0 Å². The van der Waals surface area contributed by atoms with Gasteiger partial charge in [-0.25, -0.2) is 0 Å². The van der Waals surface area contributed by atoms with Gasteiger partial charge in [0.2, 0.25) is 0 Å². The fraction of sp³-hybridized carbons (Fsp3) is 0.885. The van der Waals surface area contributed by atoms with Gasteiger partial charge < -0.3 is 4.74 Å². The molecule has 0 fully saturated rings. The first-order valence-corrected chi connectivity index (χ1v) is 12.6. The maximum atomic E-state index is 12.1. The van der Waals surface area contributed by atoms with Gasteiger partial charge >= 0.3 is 5.97 Å². The minimum atomic E-state index is 0.0385. The number of hydrogen-bond donors (Lipinski definition) is 0. The number of hydrogen-bond acceptors (Lipinski definition) is 2. The van der Waals surface area contributed by atoms with Crippen LogP contribution in [-0.2, 0) is 9.53 Å². The van der Waals surface area contributed by atoms with Crippen molar-refractivity contribution in [2.45, 2.75) is 136 Å². The molecule has 0 rings (SSSR count). The Morgan fingerprint density at radius 3 is 1.57 bits per heavy atom. The number of ether oxygens (including phenoxy) is 1. The highest BCUT2D eigenvalue weighted by molar-refractivity contribution is 5.72. The summed E-state index contributed by atoms with van der Waals surface area (Å²) in [6.45, 7) is 6.92. The summed E-state index contributed by atoms with van der Waals surface area (Å²) < 4.78 is 5.28. The summed E-state index contributed by atoms with van der Waals surface area (Å²) in [5, 5.41) is 0. The summed E-state index contributed by atoms with van der Waals surface area (Å²) in [5.74, 6) is 0.172. The number of esters is 1. The Kier molecular flexibility index (Phi) is 21.9. The van der Waals surface area contributed by atoms with Crippen molar-refractivity contribution in [2.75, 3.05) is 6.61 Å². The summed E-state index contributed by atoms with van der Waals surface area (Å²) in [5.41, 5.74) is 0. The van der Waals surface area contributed by atoms with Gasteiger partial charge in [0.15, 0.2) is 0 Å². The first-order valence-electron chi connectivity index (χ1n) is 12.6. The predicted molar refractivity (Wildman–Crippen MR) is 124 cm³/mol. The smallest absolute Gasteiger partial charge is 0.308 e. The fourth-order valence-electron chi connectivity index (χ4n) is 3.74. The lowest BCUT2D eigenvalue weighted by atomic mass is 9.94. The minimum absolute atomic E-state index is 0.0385. The van der Waals surface area contributed by atoms with Crippen LogP contribution in [0.2, 0.25) is 0 Å². The first kappa shape index (κ1) is 27.2. The normalized spacial score (nSPS) is 12.5. The summed E-state index contributed by atoms with van der Waals surface area (Å²) in [4.78, 5) is 12.1. The van der Waals surface area contributed by atoms with Crippen LogP contribution in [0.25, 0.3) is 0 Å². The molecular formula is C26H50O2. The van der Waals surface area contributed by atoms with Crippen LogP contribution < -0.4 is 0 Å². The van der Waals surface area contributed by atoms with Gasteiger partial charge in [-0.05, 0) is 45.4 Å². The van der Waals surface area contributed by atoms with E-state index in [1.54, 1.807) is 0 Å². The van der Waals surface area contributed by atoms with E-state index in [0.29, 0.717) is 6.61 Å². The van der Waals surface area contributed by atoms with Crippen LogP contribution in [-0.4, -0.2) is 12.6 Å². The van der Waals surface area contributed by atoms with Crippen LogP contribution in [0.5, 0.6) is 0 Å². The Bertz CT molecular complexity index is 348. The highest BCUT2D eigenvalue weighted by Gasteiger charge is 2.18. The van der Waals surface area contributed by atoms with Gasteiger partial charge in [-0.2, -0.15) is 0 Å². The van der Waals surface area contributed by atoms with E-state index in [0.717, 1.165) is 12.8 Å². The molecule has 0 aliphatic heterocycles. The third-order valence-corrected chi connectivity index (χ3v) is 5.59. The molecule has 0 aromatic carbocycles. The number of carbonyl (C=O) groups excluding carboxylic acids is 1. The second kappa shape index (κ2) is 22.5. The van der Waals surface area contributed by atoms with Crippen molar-refractivity contribution in [1.29, 1.82) is 0 Å². The van der Waals surface area contributed by atoms with Crippen LogP contribution in [0.3, 0.4) is 0 Å². The topological polar surface area (TPSA) is 26.3 Å². The zero-order valence-electron chi connectivity index (χ0n) is 19.5. The maximum absolute atomic E-state index is 12.1. The molecule has 0 radical (unpaired) electrons. The molecule has 1 unspecified atom stereocenters. The average molecular weight is 395 g/mol. The molecule has 0 aliphatic carbocycles. The summed E-state index contributed by atoms with van der Waals surface area (Å²) in [6, 6.07) is 0. The van der Waals surface area contributed by atoms with Gasteiger partial charge in [-0.1, -0.05) is 103 Å². The van der Waals surface area contributed by atoms with Crippen LogP contribution in [0, 0.1) is 5.92 Å². The molecule has 0 saturated heterocycles. The van der Waals surface area contributed by atoms with Crippen molar-refractivity contribution >= 4 is 5.97 Å². The highest BCUT2D eigenvalue weighted by Crippen LogP contribution is 2.20. The third-order valence-electron chi connectivity index (χ3n) is 5.59. The lowest BCUT2D eigenvalue weighted by molar-refractivity contribution is -0.148. The Morgan fingerprint density at radius 1 is 0.643 bits per heavy atom. The molecule has 0 aliphatic rings. The van der Waals surface area contributed by atoms with E-state index in [1.807, 2.05) is 6.92 Å². The van der Waals surface area contributed by atoms with Gasteiger partial charge in [0.1, 0.15) is 0 Å². The predicted octanol–water partition coefficient (Wildman–Crippen LogP) is 8.78. The molecule has 0 heterocycles. The van der Waals surface area contributed by atoms with Gasteiger partial charge in [0.25, 0.3) is 0 Å². The molecule has 0 aromatic rings. The summed E-state index contributed by atoms with van der Waals surface area (Å²) in [6.07, 6.45) is 27.5. The second-order valence-electron chi connectivity index (χ2n) is 8.32. The van der Waals surface area contributed by atoms with Crippen molar-refractivity contribution < 1.29 is 9.53 Å². The van der Waals surface area contributed by atoms with E-state index >= 15 is 0 Å². The first-order chi connectivity index (χ1) is 13.8. The van der Waals surface area contributed by atoms with E-state index in [-0.39, 0.29) is 11.9 Å². The third kappa shape index (κ3) is 18.6. The van der Waals surface area contributed by atoms with Crippen LogP contribution in [0.4, 0.5) is 0 Å². The molecule has 2 heteroatoms. The Labute approximate surface area is 176 Å². The quantitative estimate of drug-likeness (QED) is 0.110. The molecule has 0 spiro atoms. The standard InChI is InChI=1S/C26H50O2/c1-4-7-9-11-12-13-14-15-16-17-18-19-20-22-24-25(26(27)28-6-3)23-21-10-8-5-2/h15-16,25H,4-14,17-24H2,1-3H3/b16-15-. The number of carbonyl (C=O) groups is 1. The number of allylic oxidation sites excluding steroid dienone is 2. The van der Waals surface area contributed by atoms with Crippen molar-refractivity contribution in [2.24, 2.45) is 5.92 Å². The molecule has 0 amide bonds. The van der Waals surface area contributed by atoms with E-state index in [2.05, 4.69) is 26.0 Å². The van der Waals surface area contributed by atoms with Gasteiger partial charge in [0.05, 0.1) is 12.5 Å². The molecule has 0 aromatic heterocycles. The van der Waals surface area contributed by atoms with E-state index < -0.39 is 0 Å². The molecule has 0 bridgehead atoms. The Hall–Kier alpha value is -0.790. The Balaban J connectivity index is 3.64. The lowest BCUT2D eigenvalue weighted by Crippen LogP contribution is -2.18. The fourth-order valence-corrected chi connectivity index (χ4v) is 3.74. The monoisotopic (exact) mass is 394 g/mol. The van der Waals surface area contributed by atoms with Crippen LogP contribution in [0.1, 0.15) is 136 Å². The number of unbranched alkanes of at least 4 members (excludes halogenated alkanes) is 13. The Morgan fingerprint density at radius 2 is 1.07 bits per heavy atom. The number of rotatable bonds is 21.